The Morgan fingerprint density at radius 1 is 1.00 bits per heavy atom. The lowest BCUT2D eigenvalue weighted by Crippen LogP contribution is -1.98. The summed E-state index contributed by atoms with van der Waals surface area (Å²) < 4.78 is 5.22. The summed E-state index contributed by atoms with van der Waals surface area (Å²) in [5, 5.41) is 0. The molecule has 0 aliphatic carbocycles. The fourth-order valence-electron chi connectivity index (χ4n) is 1.09. The van der Waals surface area contributed by atoms with E-state index in [1.807, 2.05) is 36.4 Å². The van der Waals surface area contributed by atoms with Crippen LogP contribution in [0.2, 0.25) is 0 Å². The van der Waals surface area contributed by atoms with E-state index in [0.29, 0.717) is 0 Å². The van der Waals surface area contributed by atoms with Crippen molar-refractivity contribution >= 4 is 13.3 Å². The lowest BCUT2D eigenvalue weighted by Gasteiger charge is -1.96. The first-order chi connectivity index (χ1) is 5.86. The van der Waals surface area contributed by atoms with Gasteiger partial charge in [0.15, 0.2) is 0 Å². The van der Waals surface area contributed by atoms with Crippen molar-refractivity contribution in [1.29, 1.82) is 0 Å². The molecule has 2 heteroatoms. The quantitative estimate of drug-likeness (QED) is 0.570. The van der Waals surface area contributed by atoms with E-state index in [1.54, 1.807) is 6.26 Å². The van der Waals surface area contributed by atoms with Gasteiger partial charge in [0.05, 0.1) is 6.26 Å². The van der Waals surface area contributed by atoms with E-state index >= 15 is 0 Å². The van der Waals surface area contributed by atoms with Gasteiger partial charge in [0.2, 0.25) is 0 Å². The van der Waals surface area contributed by atoms with Gasteiger partial charge in [-0.25, -0.2) is 0 Å². The molecule has 0 bridgehead atoms. The Kier molecular flexibility index (Phi) is 1.74. The van der Waals surface area contributed by atoms with Crippen molar-refractivity contribution in [3.05, 3.63) is 42.7 Å². The summed E-state index contributed by atoms with van der Waals surface area (Å²) >= 11 is 0. The second kappa shape index (κ2) is 2.90. The minimum absolute atomic E-state index is 0.769. The van der Waals surface area contributed by atoms with Crippen LogP contribution in [0.5, 0.6) is 0 Å². The summed E-state index contributed by atoms with van der Waals surface area (Å²) in [6.07, 6.45) is 1.66. The van der Waals surface area contributed by atoms with E-state index in [4.69, 9.17) is 12.3 Å². The van der Waals surface area contributed by atoms with Gasteiger partial charge in [-0.2, -0.15) is 0 Å². The predicted octanol–water partition coefficient (Wildman–Crippen LogP) is 1.74. The highest BCUT2D eigenvalue weighted by Gasteiger charge is 1.97. The molecule has 1 nitrogen and oxygen atoms in total. The zero-order chi connectivity index (χ0) is 8.39. The minimum atomic E-state index is 0.769. The van der Waals surface area contributed by atoms with E-state index in [2.05, 4.69) is 0 Å². The van der Waals surface area contributed by atoms with Crippen LogP contribution in [0.1, 0.15) is 0 Å². The van der Waals surface area contributed by atoms with Crippen LogP contribution in [-0.4, -0.2) is 7.85 Å². The van der Waals surface area contributed by atoms with E-state index in [1.165, 1.54) is 0 Å². The van der Waals surface area contributed by atoms with Gasteiger partial charge in [-0.15, -0.1) is 0 Å². The van der Waals surface area contributed by atoms with Crippen LogP contribution in [0.3, 0.4) is 0 Å². The summed E-state index contributed by atoms with van der Waals surface area (Å²) in [5.74, 6) is 0.870. The monoisotopic (exact) mass is 154 g/mol. The molecule has 0 fully saturated rings. The molecular weight excluding hydrogens is 147 g/mol. The zero-order valence-electron chi connectivity index (χ0n) is 6.53. The van der Waals surface area contributed by atoms with Gasteiger partial charge in [-0.1, -0.05) is 29.7 Å². The van der Waals surface area contributed by atoms with Gasteiger partial charge in [0, 0.05) is 5.56 Å². The molecule has 2 aromatic rings. The standard InChI is InChI=1S/C10H7BO/c11-9-5-3-8(4-6-9)10-2-1-7-12-10/h1-7H. The maximum atomic E-state index is 5.55. The lowest BCUT2D eigenvalue weighted by atomic mass is 9.95. The zero-order valence-corrected chi connectivity index (χ0v) is 6.53. The second-order valence-electron chi connectivity index (χ2n) is 2.60. The summed E-state index contributed by atoms with van der Waals surface area (Å²) in [7, 11) is 5.55. The van der Waals surface area contributed by atoms with Crippen molar-refractivity contribution < 1.29 is 4.42 Å². The van der Waals surface area contributed by atoms with Gasteiger partial charge in [-0.05, 0) is 12.1 Å². The molecule has 0 amide bonds. The summed E-state index contributed by atoms with van der Waals surface area (Å²) in [4.78, 5) is 0. The van der Waals surface area contributed by atoms with Crippen molar-refractivity contribution in [2.75, 3.05) is 0 Å². The molecule has 0 aliphatic heterocycles. The predicted molar refractivity (Wildman–Crippen MR) is 49.5 cm³/mol. The number of hydrogen-bond acceptors (Lipinski definition) is 1. The van der Waals surface area contributed by atoms with E-state index in [9.17, 15) is 0 Å². The molecule has 0 atom stereocenters. The highest BCUT2D eigenvalue weighted by molar-refractivity contribution is 6.32. The molecule has 12 heavy (non-hydrogen) atoms. The van der Waals surface area contributed by atoms with Gasteiger partial charge < -0.3 is 4.42 Å². The van der Waals surface area contributed by atoms with Crippen molar-refractivity contribution in [2.24, 2.45) is 0 Å². The van der Waals surface area contributed by atoms with E-state index in [-0.39, 0.29) is 0 Å². The number of benzene rings is 1. The van der Waals surface area contributed by atoms with Gasteiger partial charge >= 0.3 is 0 Å². The Morgan fingerprint density at radius 2 is 1.75 bits per heavy atom. The lowest BCUT2D eigenvalue weighted by molar-refractivity contribution is 0.582. The Balaban J connectivity index is 2.43. The Bertz CT molecular complexity index is 348. The maximum absolute atomic E-state index is 5.55. The normalized spacial score (nSPS) is 10.0. The van der Waals surface area contributed by atoms with E-state index in [0.717, 1.165) is 16.8 Å². The average molecular weight is 154 g/mol. The van der Waals surface area contributed by atoms with Crippen molar-refractivity contribution in [3.63, 3.8) is 0 Å². The number of rotatable bonds is 1. The van der Waals surface area contributed by atoms with Crippen molar-refractivity contribution in [2.45, 2.75) is 0 Å². The molecule has 1 aromatic carbocycles. The van der Waals surface area contributed by atoms with Crippen LogP contribution in [0, 0.1) is 0 Å². The van der Waals surface area contributed by atoms with Crippen molar-refractivity contribution in [3.8, 4) is 11.3 Å². The largest absolute Gasteiger partial charge is 0.464 e. The third-order valence-corrected chi connectivity index (χ3v) is 1.72. The molecule has 56 valence electrons. The summed E-state index contributed by atoms with van der Waals surface area (Å²) in [6, 6.07) is 11.4. The first kappa shape index (κ1) is 7.23. The van der Waals surface area contributed by atoms with Crippen LogP contribution < -0.4 is 5.46 Å². The van der Waals surface area contributed by atoms with Crippen LogP contribution >= 0.6 is 0 Å². The molecule has 1 heterocycles. The summed E-state index contributed by atoms with van der Waals surface area (Å²) in [6.45, 7) is 0. The van der Waals surface area contributed by atoms with Crippen molar-refractivity contribution in [1.82, 2.24) is 0 Å². The number of furan rings is 1. The third kappa shape index (κ3) is 1.28. The molecular formula is C10H7BO. The van der Waals surface area contributed by atoms with Crippen LogP contribution in [0.25, 0.3) is 11.3 Å². The molecule has 1 aromatic heterocycles. The summed E-state index contributed by atoms with van der Waals surface area (Å²) in [5.41, 5.74) is 1.82. The number of hydrogen-bond donors (Lipinski definition) is 0. The fourth-order valence-corrected chi connectivity index (χ4v) is 1.09. The minimum Gasteiger partial charge on any atom is -0.464 e. The molecule has 0 N–H and O–H groups in total. The first-order valence-corrected chi connectivity index (χ1v) is 3.76. The molecule has 0 unspecified atom stereocenters. The molecule has 0 saturated heterocycles. The topological polar surface area (TPSA) is 13.1 Å². The Hall–Kier alpha value is -1.44. The Labute approximate surface area is 72.4 Å². The SMILES string of the molecule is [B]c1ccc(-c2ccco2)cc1. The first-order valence-electron chi connectivity index (χ1n) is 3.76. The highest BCUT2D eigenvalue weighted by atomic mass is 16.3. The highest BCUT2D eigenvalue weighted by Crippen LogP contribution is 2.17. The molecule has 0 aliphatic rings. The molecule has 0 saturated carbocycles. The Morgan fingerprint density at radius 3 is 2.33 bits per heavy atom. The molecule has 2 radical (unpaired) electrons. The van der Waals surface area contributed by atoms with Crippen LogP contribution in [0.4, 0.5) is 0 Å². The second-order valence-corrected chi connectivity index (χ2v) is 2.60. The van der Waals surface area contributed by atoms with E-state index < -0.39 is 0 Å². The smallest absolute Gasteiger partial charge is 0.133 e. The average Bonchev–Trinajstić information content (AvgIpc) is 2.58. The third-order valence-electron chi connectivity index (χ3n) is 1.72. The van der Waals surface area contributed by atoms with Gasteiger partial charge in [0.25, 0.3) is 0 Å². The fraction of sp³-hybridized carbons (Fsp3) is 0. The van der Waals surface area contributed by atoms with Gasteiger partial charge in [-0.3, -0.25) is 0 Å². The van der Waals surface area contributed by atoms with Crippen LogP contribution in [-0.2, 0) is 0 Å². The maximum Gasteiger partial charge on any atom is 0.133 e. The molecule has 0 spiro atoms. The van der Waals surface area contributed by atoms with Crippen LogP contribution in [0.15, 0.2) is 47.1 Å². The molecule has 2 rings (SSSR count). The van der Waals surface area contributed by atoms with Gasteiger partial charge in [0.1, 0.15) is 13.6 Å².